The minimum absolute atomic E-state index is 0.0763. The van der Waals surface area contributed by atoms with Gasteiger partial charge in [-0.05, 0) is 17.7 Å². The van der Waals surface area contributed by atoms with E-state index in [1.54, 1.807) is 7.05 Å². The fourth-order valence-electron chi connectivity index (χ4n) is 1.78. The maximum absolute atomic E-state index is 12.5. The first-order chi connectivity index (χ1) is 9.72. The molecule has 1 amide bonds. The van der Waals surface area contributed by atoms with Crippen molar-refractivity contribution in [2.75, 3.05) is 14.2 Å². The molecule has 0 aromatic heterocycles. The maximum atomic E-state index is 12.5. The average molecular weight is 287 g/mol. The number of hydroxylamine groups is 2. The van der Waals surface area contributed by atoms with Crippen LogP contribution in [0.15, 0.2) is 65.6 Å². The van der Waals surface area contributed by atoms with Crippen molar-refractivity contribution in [1.29, 1.82) is 0 Å². The van der Waals surface area contributed by atoms with Crippen LogP contribution >= 0.6 is 11.8 Å². The molecule has 0 aliphatic carbocycles. The number of nitrogens with zero attached hydrogens (tertiary/aromatic N) is 1. The van der Waals surface area contributed by atoms with Crippen molar-refractivity contribution in [3.8, 4) is 0 Å². The minimum Gasteiger partial charge on any atom is -0.275 e. The van der Waals surface area contributed by atoms with Gasteiger partial charge in [-0.15, -0.1) is 11.8 Å². The maximum Gasteiger partial charge on any atom is 0.263 e. The third-order valence-electron chi connectivity index (χ3n) is 2.91. The van der Waals surface area contributed by atoms with E-state index in [0.29, 0.717) is 0 Å². The molecule has 4 heteroatoms. The van der Waals surface area contributed by atoms with Crippen molar-refractivity contribution in [3.05, 3.63) is 66.2 Å². The van der Waals surface area contributed by atoms with E-state index in [0.717, 1.165) is 10.5 Å². The highest BCUT2D eigenvalue weighted by atomic mass is 32.2. The predicted octanol–water partition coefficient (Wildman–Crippen LogP) is 3.54. The van der Waals surface area contributed by atoms with Gasteiger partial charge in [-0.25, -0.2) is 5.06 Å². The van der Waals surface area contributed by atoms with E-state index >= 15 is 0 Å². The van der Waals surface area contributed by atoms with Crippen LogP contribution in [0.3, 0.4) is 0 Å². The summed E-state index contributed by atoms with van der Waals surface area (Å²) in [6.45, 7) is 0. The summed E-state index contributed by atoms with van der Waals surface area (Å²) in [6.07, 6.45) is 0. The summed E-state index contributed by atoms with van der Waals surface area (Å²) in [6, 6.07) is 19.6. The minimum atomic E-state index is -0.316. The Balaban J connectivity index is 2.27. The number of rotatable bonds is 5. The summed E-state index contributed by atoms with van der Waals surface area (Å²) in [5.41, 5.74) is 0.968. The summed E-state index contributed by atoms with van der Waals surface area (Å²) in [5.74, 6) is -0.0763. The molecule has 3 nitrogen and oxygen atoms in total. The number of thioether (sulfide) groups is 1. The van der Waals surface area contributed by atoms with Gasteiger partial charge in [0.1, 0.15) is 5.25 Å². The fraction of sp³-hybridized carbons (Fsp3) is 0.188. The Hall–Kier alpha value is -1.78. The van der Waals surface area contributed by atoms with E-state index in [2.05, 4.69) is 0 Å². The van der Waals surface area contributed by atoms with Gasteiger partial charge in [0.25, 0.3) is 5.91 Å². The normalized spacial score (nSPS) is 11.9. The van der Waals surface area contributed by atoms with Gasteiger partial charge >= 0.3 is 0 Å². The van der Waals surface area contributed by atoms with E-state index in [1.807, 2.05) is 60.7 Å². The second-order valence-electron chi connectivity index (χ2n) is 4.24. The van der Waals surface area contributed by atoms with E-state index in [1.165, 1.54) is 23.9 Å². The Morgan fingerprint density at radius 3 is 2.15 bits per heavy atom. The molecule has 20 heavy (non-hydrogen) atoms. The molecule has 0 aliphatic heterocycles. The number of likely N-dealkylation sites (N-methyl/N-ethyl adjacent to an activating group) is 1. The lowest BCUT2D eigenvalue weighted by Gasteiger charge is -2.21. The molecular weight excluding hydrogens is 270 g/mol. The highest BCUT2D eigenvalue weighted by Gasteiger charge is 2.25. The van der Waals surface area contributed by atoms with Crippen LogP contribution in [0, 0.1) is 0 Å². The number of amides is 1. The lowest BCUT2D eigenvalue weighted by molar-refractivity contribution is -0.168. The molecule has 0 aliphatic rings. The molecule has 2 rings (SSSR count). The van der Waals surface area contributed by atoms with Gasteiger partial charge in [-0.1, -0.05) is 48.5 Å². The van der Waals surface area contributed by atoms with Crippen LogP contribution in [0.4, 0.5) is 0 Å². The Morgan fingerprint density at radius 1 is 1.05 bits per heavy atom. The lowest BCUT2D eigenvalue weighted by Crippen LogP contribution is -2.29. The summed E-state index contributed by atoms with van der Waals surface area (Å²) < 4.78 is 0. The molecular formula is C16H17NO2S. The van der Waals surface area contributed by atoms with Crippen molar-refractivity contribution < 1.29 is 9.63 Å². The quantitative estimate of drug-likeness (QED) is 0.622. The molecule has 0 bridgehead atoms. The van der Waals surface area contributed by atoms with E-state index in [9.17, 15) is 4.79 Å². The molecule has 2 aromatic rings. The van der Waals surface area contributed by atoms with Crippen molar-refractivity contribution in [2.45, 2.75) is 10.1 Å². The molecule has 0 heterocycles. The fourth-order valence-corrected chi connectivity index (χ4v) is 2.91. The van der Waals surface area contributed by atoms with Crippen LogP contribution in [-0.4, -0.2) is 25.1 Å². The zero-order valence-corrected chi connectivity index (χ0v) is 12.3. The van der Waals surface area contributed by atoms with Crippen LogP contribution in [0.1, 0.15) is 10.8 Å². The zero-order chi connectivity index (χ0) is 14.4. The average Bonchev–Trinajstić information content (AvgIpc) is 2.53. The molecule has 104 valence electrons. The molecule has 1 unspecified atom stereocenters. The van der Waals surface area contributed by atoms with Gasteiger partial charge in [0.2, 0.25) is 0 Å². The molecule has 0 saturated heterocycles. The number of hydrogen-bond donors (Lipinski definition) is 0. The third kappa shape index (κ3) is 3.62. The molecule has 0 N–H and O–H groups in total. The first-order valence-electron chi connectivity index (χ1n) is 6.30. The number of benzene rings is 2. The first kappa shape index (κ1) is 14.6. The van der Waals surface area contributed by atoms with Crippen molar-refractivity contribution in [2.24, 2.45) is 0 Å². The van der Waals surface area contributed by atoms with E-state index in [-0.39, 0.29) is 11.2 Å². The molecule has 2 aromatic carbocycles. The van der Waals surface area contributed by atoms with Crippen LogP contribution in [0.5, 0.6) is 0 Å². The lowest BCUT2D eigenvalue weighted by atomic mass is 10.1. The van der Waals surface area contributed by atoms with Gasteiger partial charge in [0.15, 0.2) is 0 Å². The standard InChI is InChI=1S/C16H17NO2S/c1-17(19-2)16(18)15(13-9-5-3-6-10-13)20-14-11-7-4-8-12-14/h3-12,15H,1-2H3. The largest absolute Gasteiger partial charge is 0.275 e. The second-order valence-corrected chi connectivity index (χ2v) is 5.42. The smallest absolute Gasteiger partial charge is 0.263 e. The Labute approximate surface area is 123 Å². The summed E-state index contributed by atoms with van der Waals surface area (Å²) in [4.78, 5) is 18.5. The second kappa shape index (κ2) is 7.12. The van der Waals surface area contributed by atoms with Crippen molar-refractivity contribution in [1.82, 2.24) is 5.06 Å². The Bertz CT molecular complexity index is 545. The molecule has 0 saturated carbocycles. The van der Waals surface area contributed by atoms with Crippen molar-refractivity contribution in [3.63, 3.8) is 0 Å². The van der Waals surface area contributed by atoms with Gasteiger partial charge < -0.3 is 0 Å². The van der Waals surface area contributed by atoms with Crippen molar-refractivity contribution >= 4 is 17.7 Å². The SMILES string of the molecule is CON(C)C(=O)C(Sc1ccccc1)c1ccccc1. The van der Waals surface area contributed by atoms with Crippen LogP contribution in [0.2, 0.25) is 0 Å². The van der Waals surface area contributed by atoms with Gasteiger partial charge in [0, 0.05) is 11.9 Å². The highest BCUT2D eigenvalue weighted by molar-refractivity contribution is 8.00. The summed E-state index contributed by atoms with van der Waals surface area (Å²) in [7, 11) is 3.12. The van der Waals surface area contributed by atoms with Gasteiger partial charge in [-0.2, -0.15) is 0 Å². The van der Waals surface area contributed by atoms with E-state index < -0.39 is 0 Å². The monoisotopic (exact) mass is 287 g/mol. The molecule has 1 atom stereocenters. The summed E-state index contributed by atoms with van der Waals surface area (Å²) >= 11 is 1.52. The van der Waals surface area contributed by atoms with Crippen LogP contribution in [0.25, 0.3) is 0 Å². The number of carbonyl (C=O) groups is 1. The van der Waals surface area contributed by atoms with Gasteiger partial charge in [-0.3, -0.25) is 9.63 Å². The van der Waals surface area contributed by atoms with Crippen LogP contribution < -0.4 is 0 Å². The molecule has 0 spiro atoms. The Morgan fingerprint density at radius 2 is 1.60 bits per heavy atom. The van der Waals surface area contributed by atoms with E-state index in [4.69, 9.17) is 4.84 Å². The highest BCUT2D eigenvalue weighted by Crippen LogP contribution is 2.36. The first-order valence-corrected chi connectivity index (χ1v) is 7.18. The topological polar surface area (TPSA) is 29.5 Å². The molecule has 0 fully saturated rings. The third-order valence-corrected chi connectivity index (χ3v) is 4.16. The number of carbonyl (C=O) groups excluding carboxylic acids is 1. The number of hydrogen-bond acceptors (Lipinski definition) is 3. The Kier molecular flexibility index (Phi) is 5.21. The van der Waals surface area contributed by atoms with Crippen LogP contribution in [-0.2, 0) is 9.63 Å². The molecule has 0 radical (unpaired) electrons. The summed E-state index contributed by atoms with van der Waals surface area (Å²) in [5, 5.41) is 0.955. The zero-order valence-electron chi connectivity index (χ0n) is 11.5. The predicted molar refractivity (Wildman–Crippen MR) is 81.3 cm³/mol. The van der Waals surface area contributed by atoms with Gasteiger partial charge in [0.05, 0.1) is 7.11 Å².